The standard InChI is InChI=1S/C25H41NO2S/c1-5-8-20(28-4)11-12-25(3)15-23(25)22-14-18(22)9-6-7-10-19(16-27)26-24(29)21-13-17(21)2/h5,7,10,17-23,27H,1,6,8-9,11-16H2,2-4H3,(H,26,29)/b10-7-/t17-,18-,19+,20-,21+,22-,23+,25-/m0/s1. The molecule has 164 valence electrons. The fourth-order valence-corrected chi connectivity index (χ4v) is 5.69. The monoisotopic (exact) mass is 419 g/mol. The molecule has 3 fully saturated rings. The van der Waals surface area contributed by atoms with Crippen molar-refractivity contribution < 1.29 is 9.84 Å². The zero-order valence-corrected chi connectivity index (χ0v) is 19.4. The van der Waals surface area contributed by atoms with Crippen molar-refractivity contribution in [2.45, 2.75) is 77.4 Å². The van der Waals surface area contributed by atoms with E-state index in [9.17, 15) is 5.11 Å². The summed E-state index contributed by atoms with van der Waals surface area (Å²) in [6.45, 7) is 8.66. The molecule has 0 radical (unpaired) electrons. The van der Waals surface area contributed by atoms with Gasteiger partial charge in [-0.2, -0.15) is 0 Å². The van der Waals surface area contributed by atoms with E-state index in [2.05, 4.69) is 37.9 Å². The fraction of sp³-hybridized carbons (Fsp3) is 0.800. The number of methoxy groups -OCH3 is 1. The molecule has 29 heavy (non-hydrogen) atoms. The molecule has 3 nitrogen and oxygen atoms in total. The Hall–Kier alpha value is -0.710. The molecule has 3 saturated carbocycles. The first-order valence-corrected chi connectivity index (χ1v) is 12.0. The van der Waals surface area contributed by atoms with E-state index < -0.39 is 0 Å². The van der Waals surface area contributed by atoms with Gasteiger partial charge in [-0.15, -0.1) is 6.58 Å². The van der Waals surface area contributed by atoms with Crippen molar-refractivity contribution in [3.05, 3.63) is 24.8 Å². The van der Waals surface area contributed by atoms with Gasteiger partial charge in [0.1, 0.15) is 0 Å². The van der Waals surface area contributed by atoms with Crippen LogP contribution in [0.1, 0.15) is 65.2 Å². The van der Waals surface area contributed by atoms with Crippen molar-refractivity contribution in [3.63, 3.8) is 0 Å². The molecule has 0 aromatic heterocycles. The van der Waals surface area contributed by atoms with Crippen molar-refractivity contribution in [1.82, 2.24) is 5.32 Å². The molecule has 0 spiro atoms. The van der Waals surface area contributed by atoms with E-state index >= 15 is 0 Å². The van der Waals surface area contributed by atoms with Crippen molar-refractivity contribution in [2.24, 2.45) is 35.0 Å². The smallest absolute Gasteiger partial charge is 0.0792 e. The number of hydrogen-bond donors (Lipinski definition) is 2. The van der Waals surface area contributed by atoms with Crippen LogP contribution in [0.3, 0.4) is 0 Å². The lowest BCUT2D eigenvalue weighted by atomic mass is 9.94. The highest BCUT2D eigenvalue weighted by molar-refractivity contribution is 7.80. The second kappa shape index (κ2) is 10.1. The van der Waals surface area contributed by atoms with E-state index in [-0.39, 0.29) is 12.6 Å². The lowest BCUT2D eigenvalue weighted by molar-refractivity contribution is 0.0898. The van der Waals surface area contributed by atoms with Crippen LogP contribution in [0.2, 0.25) is 0 Å². The van der Waals surface area contributed by atoms with Gasteiger partial charge in [0.15, 0.2) is 0 Å². The summed E-state index contributed by atoms with van der Waals surface area (Å²) in [5.74, 6) is 4.03. The highest BCUT2D eigenvalue weighted by atomic mass is 32.1. The van der Waals surface area contributed by atoms with Crippen LogP contribution >= 0.6 is 12.2 Å². The van der Waals surface area contributed by atoms with E-state index in [4.69, 9.17) is 17.0 Å². The first-order chi connectivity index (χ1) is 13.9. The number of aliphatic hydroxyl groups is 1. The molecule has 0 heterocycles. The lowest BCUT2D eigenvalue weighted by Crippen LogP contribution is -2.36. The third kappa shape index (κ3) is 6.38. The summed E-state index contributed by atoms with van der Waals surface area (Å²) in [5.41, 5.74) is 0.550. The molecule has 0 aliphatic heterocycles. The molecule has 3 aliphatic carbocycles. The number of aliphatic hydroxyl groups excluding tert-OH is 1. The van der Waals surface area contributed by atoms with Gasteiger partial charge < -0.3 is 15.2 Å². The summed E-state index contributed by atoms with van der Waals surface area (Å²) in [6, 6.07) is -0.0266. The third-order valence-electron chi connectivity index (χ3n) is 7.76. The summed E-state index contributed by atoms with van der Waals surface area (Å²) in [5, 5.41) is 12.9. The molecule has 0 bridgehead atoms. The van der Waals surface area contributed by atoms with E-state index in [0.717, 1.165) is 42.0 Å². The normalized spacial score (nSPS) is 37.2. The largest absolute Gasteiger partial charge is 0.394 e. The van der Waals surface area contributed by atoms with Gasteiger partial charge in [0.25, 0.3) is 0 Å². The minimum Gasteiger partial charge on any atom is -0.394 e. The fourth-order valence-electron chi connectivity index (χ4n) is 5.21. The number of ether oxygens (including phenoxy) is 1. The van der Waals surface area contributed by atoms with E-state index in [1.54, 1.807) is 0 Å². The average Bonchev–Trinajstić information content (AvgIpc) is 3.61. The summed E-state index contributed by atoms with van der Waals surface area (Å²) in [6.07, 6.45) is 16.5. The number of thiocarbonyl (C=S) groups is 1. The van der Waals surface area contributed by atoms with Gasteiger partial charge in [-0.1, -0.05) is 44.3 Å². The summed E-state index contributed by atoms with van der Waals surface area (Å²) >= 11 is 5.45. The van der Waals surface area contributed by atoms with Crippen LogP contribution in [-0.2, 0) is 4.74 Å². The Kier molecular flexibility index (Phi) is 7.97. The maximum Gasteiger partial charge on any atom is 0.0792 e. The highest BCUT2D eigenvalue weighted by Crippen LogP contribution is 2.67. The molecule has 8 atom stereocenters. The topological polar surface area (TPSA) is 41.5 Å². The first kappa shape index (κ1) is 23.0. The zero-order chi connectivity index (χ0) is 21.0. The molecule has 4 heteroatoms. The molecule has 0 amide bonds. The predicted octanol–water partition coefficient (Wildman–Crippen LogP) is 5.29. The SMILES string of the molecule is C=CC[C@@H](CC[C@@]1(C)C[C@@H]1[C@H]1C[C@@H]1CC/C=C\[C@H](CO)NC(=S)[C@@H]1C[C@@H]1C)OC. The van der Waals surface area contributed by atoms with Gasteiger partial charge in [-0.3, -0.25) is 0 Å². The lowest BCUT2D eigenvalue weighted by Gasteiger charge is -2.17. The number of nitrogens with one attached hydrogen (secondary N) is 1. The highest BCUT2D eigenvalue weighted by Gasteiger charge is 2.59. The van der Waals surface area contributed by atoms with Gasteiger partial charge in [-0.05, 0) is 80.5 Å². The Morgan fingerprint density at radius 2 is 2.17 bits per heavy atom. The molecule has 0 saturated heterocycles. The van der Waals surface area contributed by atoms with Crippen LogP contribution < -0.4 is 5.32 Å². The predicted molar refractivity (Wildman–Crippen MR) is 125 cm³/mol. The van der Waals surface area contributed by atoms with Crippen LogP contribution in [0.15, 0.2) is 24.8 Å². The van der Waals surface area contributed by atoms with Crippen LogP contribution in [0, 0.1) is 35.0 Å². The minimum atomic E-state index is -0.0266. The Morgan fingerprint density at radius 1 is 1.41 bits per heavy atom. The number of allylic oxidation sites excluding steroid dienone is 1. The van der Waals surface area contributed by atoms with Crippen molar-refractivity contribution in [3.8, 4) is 0 Å². The maximum atomic E-state index is 9.60. The second-order valence-electron chi connectivity index (χ2n) is 10.2. The Labute approximate surface area is 183 Å². The average molecular weight is 420 g/mol. The zero-order valence-electron chi connectivity index (χ0n) is 18.6. The van der Waals surface area contributed by atoms with Crippen molar-refractivity contribution in [1.29, 1.82) is 0 Å². The van der Waals surface area contributed by atoms with Crippen LogP contribution in [0.4, 0.5) is 0 Å². The third-order valence-corrected chi connectivity index (χ3v) is 8.18. The Balaban J connectivity index is 1.31. The minimum absolute atomic E-state index is 0.0266. The quantitative estimate of drug-likeness (QED) is 0.296. The Morgan fingerprint density at radius 3 is 2.79 bits per heavy atom. The van der Waals surface area contributed by atoms with E-state index in [1.165, 1.54) is 32.1 Å². The summed E-state index contributed by atoms with van der Waals surface area (Å²) < 4.78 is 5.58. The van der Waals surface area contributed by atoms with Crippen molar-refractivity contribution >= 4 is 17.2 Å². The maximum absolute atomic E-state index is 9.60. The summed E-state index contributed by atoms with van der Waals surface area (Å²) in [7, 11) is 1.82. The van der Waals surface area contributed by atoms with Crippen LogP contribution in [0.25, 0.3) is 0 Å². The molecule has 0 unspecified atom stereocenters. The van der Waals surface area contributed by atoms with Crippen LogP contribution in [-0.4, -0.2) is 36.0 Å². The molecular formula is C25H41NO2S. The molecule has 3 rings (SSSR count). The summed E-state index contributed by atoms with van der Waals surface area (Å²) in [4.78, 5) is 0.931. The van der Waals surface area contributed by atoms with Gasteiger partial charge in [0.05, 0.1) is 23.7 Å². The van der Waals surface area contributed by atoms with Crippen molar-refractivity contribution in [2.75, 3.05) is 13.7 Å². The van der Waals surface area contributed by atoms with Gasteiger partial charge in [0, 0.05) is 13.0 Å². The molecule has 0 aromatic rings. The second-order valence-corrected chi connectivity index (χ2v) is 10.6. The van der Waals surface area contributed by atoms with Crippen LogP contribution in [0.5, 0.6) is 0 Å². The molecule has 2 N–H and O–H groups in total. The van der Waals surface area contributed by atoms with Gasteiger partial charge in [0.2, 0.25) is 0 Å². The van der Waals surface area contributed by atoms with E-state index in [1.807, 2.05) is 13.2 Å². The van der Waals surface area contributed by atoms with Gasteiger partial charge in [-0.25, -0.2) is 0 Å². The first-order valence-electron chi connectivity index (χ1n) is 11.6. The molecule has 0 aromatic carbocycles. The van der Waals surface area contributed by atoms with E-state index in [0.29, 0.717) is 23.4 Å². The number of hydrogen-bond acceptors (Lipinski definition) is 3. The Bertz CT molecular complexity index is 606. The molecule has 3 aliphatic rings. The van der Waals surface area contributed by atoms with Gasteiger partial charge >= 0.3 is 0 Å². The molecular weight excluding hydrogens is 378 g/mol. The number of rotatable bonds is 14.